The van der Waals surface area contributed by atoms with Crippen LogP contribution in [0.3, 0.4) is 0 Å². The molecule has 6 aromatic rings. The van der Waals surface area contributed by atoms with Crippen LogP contribution in [0.4, 0.5) is 0 Å². The molecule has 4 aromatic carbocycles. The van der Waals surface area contributed by atoms with E-state index >= 15 is 0 Å². The van der Waals surface area contributed by atoms with Gasteiger partial charge in [0, 0.05) is 26.5 Å². The number of fused-ring (bicyclic) bond motifs is 3. The number of nitrogens with zero attached hydrogens (tertiary/aromatic N) is 1. The fraction of sp³-hybridized carbons (Fsp3) is 0.256. The Labute approximate surface area is 255 Å². The van der Waals surface area contributed by atoms with Crippen molar-refractivity contribution >= 4 is 35.2 Å². The van der Waals surface area contributed by atoms with E-state index in [-0.39, 0.29) is 5.41 Å². The topological polar surface area (TPSA) is 17.0 Å². The SMILES string of the molecule is [2H]C([2H])([2H])c1c[n+](C)c(-c2c(C)ccc3c2oc2cc(-c4ccccc4)ccc23)cc1-c1ccc([Si](C)(C)C)cc1C(C)(C)C. The van der Waals surface area contributed by atoms with Gasteiger partial charge in [0.2, 0.25) is 5.69 Å². The van der Waals surface area contributed by atoms with Crippen molar-refractivity contribution in [3.63, 3.8) is 0 Å². The lowest BCUT2D eigenvalue weighted by Crippen LogP contribution is -2.38. The van der Waals surface area contributed by atoms with Crippen LogP contribution in [0.15, 0.2) is 95.5 Å². The minimum atomic E-state index is -2.29. The lowest BCUT2D eigenvalue weighted by molar-refractivity contribution is -0.660. The van der Waals surface area contributed by atoms with Gasteiger partial charge in [0.05, 0.1) is 13.6 Å². The van der Waals surface area contributed by atoms with Crippen molar-refractivity contribution in [3.05, 3.63) is 108 Å². The number of hydrogen-bond acceptors (Lipinski definition) is 1. The molecule has 42 heavy (non-hydrogen) atoms. The van der Waals surface area contributed by atoms with Crippen LogP contribution in [0.25, 0.3) is 55.4 Å². The van der Waals surface area contributed by atoms with Crippen LogP contribution >= 0.6 is 0 Å². The van der Waals surface area contributed by atoms with Gasteiger partial charge in [-0.05, 0) is 64.7 Å². The lowest BCUT2D eigenvalue weighted by Gasteiger charge is -2.27. The molecule has 2 aromatic heterocycles. The van der Waals surface area contributed by atoms with Crippen molar-refractivity contribution in [2.45, 2.75) is 59.6 Å². The molecule has 0 amide bonds. The van der Waals surface area contributed by atoms with Gasteiger partial charge in [0.25, 0.3) is 0 Å². The number of aryl methyl sites for hydroxylation is 3. The molecule has 0 N–H and O–H groups in total. The zero-order valence-corrected chi connectivity index (χ0v) is 27.0. The Balaban J connectivity index is 1.63. The van der Waals surface area contributed by atoms with E-state index in [1.54, 1.807) is 6.20 Å². The average molecular weight is 572 g/mol. The highest BCUT2D eigenvalue weighted by molar-refractivity contribution is 6.88. The molecule has 0 spiro atoms. The van der Waals surface area contributed by atoms with E-state index in [1.165, 1.54) is 10.8 Å². The molecule has 0 atom stereocenters. The quantitative estimate of drug-likeness (QED) is 0.152. The van der Waals surface area contributed by atoms with Crippen LogP contribution < -0.4 is 9.75 Å². The van der Waals surface area contributed by atoms with Crippen LogP contribution in [0.5, 0.6) is 0 Å². The highest BCUT2D eigenvalue weighted by Gasteiger charge is 2.27. The van der Waals surface area contributed by atoms with Gasteiger partial charge in [-0.2, -0.15) is 0 Å². The third-order valence-electron chi connectivity index (χ3n) is 8.47. The van der Waals surface area contributed by atoms with Gasteiger partial charge in [-0.25, -0.2) is 4.57 Å². The second-order valence-corrected chi connectivity index (χ2v) is 18.7. The predicted molar refractivity (Wildman–Crippen MR) is 182 cm³/mol. The minimum Gasteiger partial charge on any atom is -0.455 e. The number of rotatable bonds is 4. The first-order valence-electron chi connectivity index (χ1n) is 16.3. The molecule has 0 bridgehead atoms. The summed E-state index contributed by atoms with van der Waals surface area (Å²) in [4.78, 5) is 0. The molecule has 0 aliphatic carbocycles. The van der Waals surface area contributed by atoms with Gasteiger partial charge >= 0.3 is 0 Å². The van der Waals surface area contributed by atoms with Crippen molar-refractivity contribution < 1.29 is 13.1 Å². The molecular weight excluding hydrogens is 527 g/mol. The first-order chi connectivity index (χ1) is 21.0. The third kappa shape index (κ3) is 4.90. The molecule has 3 heteroatoms. The smallest absolute Gasteiger partial charge is 0.216 e. The van der Waals surface area contributed by atoms with Crippen LogP contribution in [-0.2, 0) is 12.5 Å². The summed E-state index contributed by atoms with van der Waals surface area (Å²) in [5.74, 6) is 0. The second-order valence-electron chi connectivity index (χ2n) is 13.7. The minimum absolute atomic E-state index is 0.180. The highest BCUT2D eigenvalue weighted by Crippen LogP contribution is 2.40. The molecule has 0 aliphatic heterocycles. The largest absolute Gasteiger partial charge is 0.455 e. The fourth-order valence-corrected chi connectivity index (χ4v) is 7.21. The molecule has 0 unspecified atom stereocenters. The van der Waals surface area contributed by atoms with Gasteiger partial charge < -0.3 is 4.42 Å². The van der Waals surface area contributed by atoms with Crippen molar-refractivity contribution in [2.24, 2.45) is 7.05 Å². The lowest BCUT2D eigenvalue weighted by atomic mass is 9.81. The summed E-state index contributed by atoms with van der Waals surface area (Å²) in [6.45, 7) is 13.5. The van der Waals surface area contributed by atoms with Gasteiger partial charge in [0.15, 0.2) is 6.20 Å². The standard InChI is InChI=1S/C39H42NOSi/c1-25-15-18-32-31-19-16-28(27-13-11-10-12-14-27)21-36(31)41-38(32)37(25)35-23-33(26(2)24-40(35)6)30-20-17-29(42(7,8)9)22-34(30)39(3,4)5/h10-24H,1-9H3/q+1/i2D3. The molecule has 2 heterocycles. The van der Waals surface area contributed by atoms with Crippen molar-refractivity contribution in [1.29, 1.82) is 0 Å². The molecule has 0 aliphatic rings. The van der Waals surface area contributed by atoms with Crippen LogP contribution in [0.1, 0.15) is 41.6 Å². The summed E-state index contributed by atoms with van der Waals surface area (Å²) in [6.07, 6.45) is 1.80. The highest BCUT2D eigenvalue weighted by atomic mass is 28.3. The van der Waals surface area contributed by atoms with Gasteiger partial charge in [-0.15, -0.1) is 0 Å². The molecule has 0 fully saturated rings. The zero-order chi connectivity index (χ0) is 32.5. The summed E-state index contributed by atoms with van der Waals surface area (Å²) >= 11 is 0. The molecule has 2 nitrogen and oxygen atoms in total. The fourth-order valence-electron chi connectivity index (χ4n) is 6.05. The molecule has 0 radical (unpaired) electrons. The summed E-state index contributed by atoms with van der Waals surface area (Å²) < 4.78 is 34.3. The van der Waals surface area contributed by atoms with Gasteiger partial charge in [-0.3, -0.25) is 0 Å². The Morgan fingerprint density at radius 2 is 1.50 bits per heavy atom. The average Bonchev–Trinajstić information content (AvgIpc) is 3.34. The van der Waals surface area contributed by atoms with Crippen molar-refractivity contribution in [2.75, 3.05) is 0 Å². The summed E-state index contributed by atoms with van der Waals surface area (Å²) in [5.41, 5.74) is 9.89. The Kier molecular flexibility index (Phi) is 5.92. The van der Waals surface area contributed by atoms with Crippen molar-refractivity contribution in [3.8, 4) is 33.5 Å². The maximum atomic E-state index is 8.55. The van der Waals surface area contributed by atoms with E-state index in [9.17, 15) is 0 Å². The predicted octanol–water partition coefficient (Wildman–Crippen LogP) is 9.87. The number of pyridine rings is 1. The summed E-state index contributed by atoms with van der Waals surface area (Å²) in [7, 11) is 0.334. The van der Waals surface area contributed by atoms with Crippen LogP contribution in [0, 0.1) is 13.8 Å². The van der Waals surface area contributed by atoms with E-state index < -0.39 is 14.9 Å². The van der Waals surface area contributed by atoms with E-state index in [1.807, 2.05) is 29.8 Å². The first kappa shape index (κ1) is 24.6. The molecular formula is C39H42NOSi+. The Bertz CT molecular complexity index is 2080. The van der Waals surface area contributed by atoms with Gasteiger partial charge in [-0.1, -0.05) is 112 Å². The van der Waals surface area contributed by atoms with E-state index in [4.69, 9.17) is 8.53 Å². The first-order valence-corrected chi connectivity index (χ1v) is 18.3. The number of aromatic nitrogens is 1. The zero-order valence-electron chi connectivity index (χ0n) is 29.0. The van der Waals surface area contributed by atoms with E-state index in [2.05, 4.69) is 114 Å². The van der Waals surface area contributed by atoms with Gasteiger partial charge in [0.1, 0.15) is 18.2 Å². The number of hydrogen-bond donors (Lipinski definition) is 0. The molecule has 212 valence electrons. The summed E-state index contributed by atoms with van der Waals surface area (Å²) in [5, 5.41) is 3.47. The molecule has 6 rings (SSSR count). The number of furan rings is 1. The van der Waals surface area contributed by atoms with Crippen LogP contribution in [0.2, 0.25) is 19.6 Å². The van der Waals surface area contributed by atoms with Crippen LogP contribution in [-0.4, -0.2) is 8.07 Å². The maximum absolute atomic E-state index is 8.55. The monoisotopic (exact) mass is 571 g/mol. The molecule has 0 saturated carbocycles. The van der Waals surface area contributed by atoms with E-state index in [0.29, 0.717) is 5.56 Å². The summed E-state index contributed by atoms with van der Waals surface area (Å²) in [6, 6.07) is 29.8. The maximum Gasteiger partial charge on any atom is 0.216 e. The second kappa shape index (κ2) is 10.1. The number of benzene rings is 4. The molecule has 0 saturated heterocycles. The third-order valence-corrected chi connectivity index (χ3v) is 10.5. The van der Waals surface area contributed by atoms with Crippen molar-refractivity contribution in [1.82, 2.24) is 0 Å². The Morgan fingerprint density at radius 3 is 2.19 bits per heavy atom. The Hall–Kier alpha value is -3.95. The Morgan fingerprint density at radius 1 is 0.762 bits per heavy atom. The normalized spacial score (nSPS) is 13.8. The van der Waals surface area contributed by atoms with E-state index in [0.717, 1.165) is 61.0 Å².